The first-order valence-electron chi connectivity index (χ1n) is 6.49. The molecular weight excluding hydrogens is 220 g/mol. The van der Waals surface area contributed by atoms with E-state index in [1.807, 2.05) is 18.2 Å². The second-order valence-electron chi connectivity index (χ2n) is 4.88. The maximum atomic E-state index is 4.59. The Morgan fingerprint density at radius 3 is 2.83 bits per heavy atom. The van der Waals surface area contributed by atoms with Crippen molar-refractivity contribution in [1.82, 2.24) is 10.3 Å². The fourth-order valence-electron chi connectivity index (χ4n) is 1.81. The molecule has 1 aromatic heterocycles. The summed E-state index contributed by atoms with van der Waals surface area (Å²) < 4.78 is 0. The van der Waals surface area contributed by atoms with Gasteiger partial charge < -0.3 is 5.32 Å². The maximum Gasteiger partial charge on any atom is 0.0709 e. The highest BCUT2D eigenvalue weighted by molar-refractivity contribution is 5.79. The number of rotatable bonds is 5. The number of para-hydroxylation sites is 1. The van der Waals surface area contributed by atoms with Crippen molar-refractivity contribution in [1.29, 1.82) is 0 Å². The summed E-state index contributed by atoms with van der Waals surface area (Å²) in [5.41, 5.74) is 2.06. The summed E-state index contributed by atoms with van der Waals surface area (Å²) >= 11 is 0. The second-order valence-corrected chi connectivity index (χ2v) is 4.88. The van der Waals surface area contributed by atoms with Gasteiger partial charge in [0.2, 0.25) is 0 Å². The van der Waals surface area contributed by atoms with E-state index in [9.17, 15) is 0 Å². The van der Waals surface area contributed by atoms with Crippen LogP contribution in [0.15, 0.2) is 42.5 Å². The van der Waals surface area contributed by atoms with E-state index in [0.29, 0.717) is 5.92 Å². The van der Waals surface area contributed by atoms with Crippen LogP contribution in [0.2, 0.25) is 0 Å². The first-order valence-corrected chi connectivity index (χ1v) is 6.49. The van der Waals surface area contributed by atoms with Gasteiger partial charge in [-0.15, -0.1) is 0 Å². The van der Waals surface area contributed by atoms with Gasteiger partial charge in [0.1, 0.15) is 0 Å². The Balaban J connectivity index is 1.97. The highest BCUT2D eigenvalue weighted by Gasteiger charge is 1.94. The normalized spacial score (nSPS) is 11.7. The molecule has 0 aliphatic rings. The van der Waals surface area contributed by atoms with Crippen LogP contribution in [0.4, 0.5) is 0 Å². The molecule has 0 fully saturated rings. The first kappa shape index (κ1) is 12.8. The average Bonchev–Trinajstić information content (AvgIpc) is 2.38. The fraction of sp³-hybridized carbons (Fsp3) is 0.312. The molecule has 0 spiro atoms. The molecule has 2 aromatic rings. The molecule has 1 aromatic carbocycles. The minimum atomic E-state index is 0.692. The average molecular weight is 240 g/mol. The molecule has 2 heteroatoms. The third kappa shape index (κ3) is 3.67. The quantitative estimate of drug-likeness (QED) is 0.809. The molecule has 0 atom stereocenters. The van der Waals surface area contributed by atoms with Crippen molar-refractivity contribution in [2.75, 3.05) is 13.1 Å². The lowest BCUT2D eigenvalue weighted by atomic mass is 10.2. The van der Waals surface area contributed by atoms with Crippen LogP contribution in [0.3, 0.4) is 0 Å². The van der Waals surface area contributed by atoms with Crippen molar-refractivity contribution in [3.63, 3.8) is 0 Å². The van der Waals surface area contributed by atoms with Gasteiger partial charge in [0.25, 0.3) is 0 Å². The summed E-state index contributed by atoms with van der Waals surface area (Å²) in [7, 11) is 0. The Hall–Kier alpha value is -1.67. The number of pyridine rings is 1. The number of aromatic nitrogens is 1. The number of hydrogen-bond acceptors (Lipinski definition) is 2. The van der Waals surface area contributed by atoms with Gasteiger partial charge in [0.15, 0.2) is 0 Å². The van der Waals surface area contributed by atoms with Crippen LogP contribution in [0.1, 0.15) is 19.5 Å². The molecule has 0 radical (unpaired) electrons. The number of nitrogens with zero attached hydrogens (tertiary/aromatic N) is 1. The van der Waals surface area contributed by atoms with E-state index in [-0.39, 0.29) is 0 Å². The molecule has 94 valence electrons. The standard InChI is InChI=1S/C16H20N2/c1-13(2)12-17-11-5-7-15-10-9-14-6-3-4-8-16(14)18-15/h3-10,13,17H,11-12H2,1-2H3. The van der Waals surface area contributed by atoms with Crippen molar-refractivity contribution in [2.45, 2.75) is 13.8 Å². The predicted octanol–water partition coefficient (Wildman–Crippen LogP) is 3.49. The summed E-state index contributed by atoms with van der Waals surface area (Å²) in [6.45, 7) is 6.37. The van der Waals surface area contributed by atoms with Crippen LogP contribution in [0.5, 0.6) is 0 Å². The Morgan fingerprint density at radius 1 is 1.17 bits per heavy atom. The Morgan fingerprint density at radius 2 is 2.00 bits per heavy atom. The molecule has 0 unspecified atom stereocenters. The van der Waals surface area contributed by atoms with Crippen LogP contribution in [0.25, 0.3) is 17.0 Å². The first-order chi connectivity index (χ1) is 8.75. The minimum Gasteiger partial charge on any atom is -0.313 e. The van der Waals surface area contributed by atoms with Gasteiger partial charge in [-0.05, 0) is 30.7 Å². The van der Waals surface area contributed by atoms with E-state index < -0.39 is 0 Å². The van der Waals surface area contributed by atoms with Crippen LogP contribution < -0.4 is 5.32 Å². The lowest BCUT2D eigenvalue weighted by molar-refractivity contribution is 0.577. The molecule has 0 aliphatic carbocycles. The largest absolute Gasteiger partial charge is 0.313 e. The lowest BCUT2D eigenvalue weighted by Crippen LogP contribution is -2.19. The highest BCUT2D eigenvalue weighted by atomic mass is 14.8. The smallest absolute Gasteiger partial charge is 0.0709 e. The maximum absolute atomic E-state index is 4.59. The lowest BCUT2D eigenvalue weighted by Gasteiger charge is -2.03. The molecule has 1 heterocycles. The molecule has 1 N–H and O–H groups in total. The van der Waals surface area contributed by atoms with Gasteiger partial charge >= 0.3 is 0 Å². The number of nitrogens with one attached hydrogen (secondary N) is 1. The Kier molecular flexibility index (Phi) is 4.48. The van der Waals surface area contributed by atoms with E-state index >= 15 is 0 Å². The summed E-state index contributed by atoms with van der Waals surface area (Å²) in [6.07, 6.45) is 4.19. The van der Waals surface area contributed by atoms with Crippen molar-refractivity contribution in [3.8, 4) is 0 Å². The summed E-state index contributed by atoms with van der Waals surface area (Å²) in [5.74, 6) is 0.692. The molecule has 0 amide bonds. The summed E-state index contributed by atoms with van der Waals surface area (Å²) in [5, 5.41) is 4.57. The number of hydrogen-bond donors (Lipinski definition) is 1. The van der Waals surface area contributed by atoms with Gasteiger partial charge in [-0.1, -0.05) is 44.2 Å². The molecule has 0 saturated carbocycles. The molecule has 18 heavy (non-hydrogen) atoms. The topological polar surface area (TPSA) is 24.9 Å². The van der Waals surface area contributed by atoms with Crippen LogP contribution in [-0.2, 0) is 0 Å². The van der Waals surface area contributed by atoms with Crippen molar-refractivity contribution >= 4 is 17.0 Å². The third-order valence-corrected chi connectivity index (χ3v) is 2.72. The van der Waals surface area contributed by atoms with Gasteiger partial charge in [-0.3, -0.25) is 0 Å². The molecule has 2 nitrogen and oxygen atoms in total. The van der Waals surface area contributed by atoms with Crippen molar-refractivity contribution in [3.05, 3.63) is 48.2 Å². The van der Waals surface area contributed by atoms with Crippen LogP contribution in [-0.4, -0.2) is 18.1 Å². The summed E-state index contributed by atoms with van der Waals surface area (Å²) in [6, 6.07) is 12.4. The van der Waals surface area contributed by atoms with Crippen molar-refractivity contribution < 1.29 is 0 Å². The van der Waals surface area contributed by atoms with Gasteiger partial charge in [-0.25, -0.2) is 4.98 Å². The fourth-order valence-corrected chi connectivity index (χ4v) is 1.81. The zero-order valence-corrected chi connectivity index (χ0v) is 11.1. The van der Waals surface area contributed by atoms with E-state index in [1.54, 1.807) is 0 Å². The molecule has 0 saturated heterocycles. The summed E-state index contributed by atoms with van der Waals surface area (Å²) in [4.78, 5) is 4.59. The zero-order valence-electron chi connectivity index (χ0n) is 11.1. The van der Waals surface area contributed by atoms with Crippen LogP contribution in [0, 0.1) is 5.92 Å². The highest BCUT2D eigenvalue weighted by Crippen LogP contribution is 2.12. The molecular formula is C16H20N2. The second kappa shape index (κ2) is 6.31. The Bertz CT molecular complexity index is 529. The Labute approximate surface area is 109 Å². The van der Waals surface area contributed by atoms with E-state index in [4.69, 9.17) is 0 Å². The molecule has 0 bridgehead atoms. The monoisotopic (exact) mass is 240 g/mol. The minimum absolute atomic E-state index is 0.692. The van der Waals surface area contributed by atoms with Gasteiger partial charge in [0.05, 0.1) is 11.2 Å². The van der Waals surface area contributed by atoms with Crippen LogP contribution >= 0.6 is 0 Å². The molecule has 0 aliphatic heterocycles. The third-order valence-electron chi connectivity index (χ3n) is 2.72. The van der Waals surface area contributed by atoms with Gasteiger partial charge in [0, 0.05) is 11.9 Å². The molecule has 2 rings (SSSR count). The number of benzene rings is 1. The van der Waals surface area contributed by atoms with E-state index in [1.165, 1.54) is 5.39 Å². The zero-order chi connectivity index (χ0) is 12.8. The SMILES string of the molecule is CC(C)CNCC=Cc1ccc2ccccc2n1. The van der Waals surface area contributed by atoms with E-state index in [0.717, 1.165) is 24.3 Å². The van der Waals surface area contributed by atoms with Gasteiger partial charge in [-0.2, -0.15) is 0 Å². The van der Waals surface area contributed by atoms with E-state index in [2.05, 4.69) is 54.5 Å². The predicted molar refractivity (Wildman–Crippen MR) is 78.5 cm³/mol. The number of fused-ring (bicyclic) bond motifs is 1. The van der Waals surface area contributed by atoms with Crippen molar-refractivity contribution in [2.24, 2.45) is 5.92 Å².